The Morgan fingerprint density at radius 3 is 2.43 bits per heavy atom. The van der Waals surface area contributed by atoms with Gasteiger partial charge >= 0.3 is 0 Å². The van der Waals surface area contributed by atoms with E-state index < -0.39 is 0 Å². The van der Waals surface area contributed by atoms with Gasteiger partial charge in [-0.2, -0.15) is 0 Å². The summed E-state index contributed by atoms with van der Waals surface area (Å²) in [5, 5.41) is 0. The van der Waals surface area contributed by atoms with Crippen LogP contribution in [0.3, 0.4) is 0 Å². The number of rotatable bonds is 2. The molecule has 14 heavy (non-hydrogen) atoms. The molecule has 0 aromatic heterocycles. The van der Waals surface area contributed by atoms with Crippen molar-refractivity contribution in [1.29, 1.82) is 0 Å². The Hall–Kier alpha value is -1.24. The van der Waals surface area contributed by atoms with Gasteiger partial charge in [0.1, 0.15) is 0 Å². The summed E-state index contributed by atoms with van der Waals surface area (Å²) >= 11 is 0. The minimum atomic E-state index is 0.589. The van der Waals surface area contributed by atoms with Crippen LogP contribution in [0.5, 0.6) is 0 Å². The summed E-state index contributed by atoms with van der Waals surface area (Å²) < 4.78 is 0. The fourth-order valence-corrected chi connectivity index (χ4v) is 1.67. The third-order valence-electron chi connectivity index (χ3n) is 2.60. The number of benzene rings is 1. The zero-order valence-corrected chi connectivity index (χ0v) is 9.46. The van der Waals surface area contributed by atoms with Crippen LogP contribution in [0.1, 0.15) is 43.4 Å². The van der Waals surface area contributed by atoms with Gasteiger partial charge in [0, 0.05) is 0 Å². The van der Waals surface area contributed by atoms with Gasteiger partial charge in [-0.25, -0.2) is 0 Å². The number of hydrogen-bond acceptors (Lipinski definition) is 1. The molecule has 0 aliphatic heterocycles. The van der Waals surface area contributed by atoms with E-state index in [1.165, 1.54) is 16.7 Å². The van der Waals surface area contributed by atoms with Crippen LogP contribution in [-0.2, 0) is 0 Å². The molecular weight excluding hydrogens is 170 g/mol. The maximum Gasteiger partial charge on any atom is -0.00265 e. The fourth-order valence-electron chi connectivity index (χ4n) is 1.67. The highest BCUT2D eigenvalue weighted by molar-refractivity contribution is 5.64. The standard InChI is InChI=1S/C13H19N/c1-9(2)13-6-5-12(7-10(13)3)11(4)8-14/h5-9H,14H2,1-4H3/b11-8+. The Morgan fingerprint density at radius 1 is 1.36 bits per heavy atom. The van der Waals surface area contributed by atoms with Gasteiger partial charge in [-0.05, 0) is 48.2 Å². The van der Waals surface area contributed by atoms with Crippen molar-refractivity contribution in [2.24, 2.45) is 5.73 Å². The van der Waals surface area contributed by atoms with E-state index in [-0.39, 0.29) is 0 Å². The quantitative estimate of drug-likeness (QED) is 0.757. The van der Waals surface area contributed by atoms with Crippen molar-refractivity contribution in [3.05, 3.63) is 41.1 Å². The molecule has 1 aromatic carbocycles. The average Bonchev–Trinajstić information content (AvgIpc) is 2.15. The van der Waals surface area contributed by atoms with Crippen molar-refractivity contribution in [2.45, 2.75) is 33.6 Å². The molecule has 0 unspecified atom stereocenters. The lowest BCUT2D eigenvalue weighted by molar-refractivity contribution is 0.856. The first-order valence-corrected chi connectivity index (χ1v) is 5.05. The number of nitrogens with two attached hydrogens (primary N) is 1. The molecule has 2 N–H and O–H groups in total. The van der Waals surface area contributed by atoms with Crippen LogP contribution >= 0.6 is 0 Å². The molecule has 0 fully saturated rings. The molecule has 0 atom stereocenters. The van der Waals surface area contributed by atoms with E-state index in [0.717, 1.165) is 5.57 Å². The summed E-state index contributed by atoms with van der Waals surface area (Å²) in [6, 6.07) is 6.54. The van der Waals surface area contributed by atoms with Gasteiger partial charge in [0.15, 0.2) is 0 Å². The lowest BCUT2D eigenvalue weighted by Gasteiger charge is -2.11. The minimum Gasteiger partial charge on any atom is -0.404 e. The molecule has 1 nitrogen and oxygen atoms in total. The predicted octanol–water partition coefficient (Wildman–Crippen LogP) is 3.44. The Morgan fingerprint density at radius 2 is 2.00 bits per heavy atom. The minimum absolute atomic E-state index is 0.589. The summed E-state index contributed by atoms with van der Waals surface area (Å²) in [6.07, 6.45) is 1.66. The van der Waals surface area contributed by atoms with E-state index in [1.807, 2.05) is 6.92 Å². The smallest absolute Gasteiger partial charge is 0.00265 e. The molecule has 0 spiro atoms. The maximum atomic E-state index is 5.49. The molecule has 0 amide bonds. The highest BCUT2D eigenvalue weighted by Crippen LogP contribution is 2.22. The fraction of sp³-hybridized carbons (Fsp3) is 0.385. The predicted molar refractivity (Wildman–Crippen MR) is 63.1 cm³/mol. The van der Waals surface area contributed by atoms with Gasteiger partial charge < -0.3 is 5.73 Å². The number of aryl methyl sites for hydroxylation is 1. The monoisotopic (exact) mass is 189 g/mol. The molecule has 0 bridgehead atoms. The average molecular weight is 189 g/mol. The van der Waals surface area contributed by atoms with Crippen molar-refractivity contribution in [3.8, 4) is 0 Å². The van der Waals surface area contributed by atoms with E-state index in [2.05, 4.69) is 39.0 Å². The molecule has 76 valence electrons. The van der Waals surface area contributed by atoms with E-state index in [0.29, 0.717) is 5.92 Å². The Kier molecular flexibility index (Phi) is 3.34. The van der Waals surface area contributed by atoms with E-state index in [9.17, 15) is 0 Å². The van der Waals surface area contributed by atoms with Crippen LogP contribution in [0, 0.1) is 6.92 Å². The van der Waals surface area contributed by atoms with Gasteiger partial charge in [0.05, 0.1) is 0 Å². The van der Waals surface area contributed by atoms with Crippen LogP contribution < -0.4 is 5.73 Å². The third kappa shape index (κ3) is 2.16. The Bertz CT molecular complexity index is 348. The van der Waals surface area contributed by atoms with E-state index >= 15 is 0 Å². The van der Waals surface area contributed by atoms with Crippen LogP contribution in [0.25, 0.3) is 5.57 Å². The van der Waals surface area contributed by atoms with E-state index in [4.69, 9.17) is 5.73 Å². The van der Waals surface area contributed by atoms with Crippen molar-refractivity contribution in [3.63, 3.8) is 0 Å². The summed E-state index contributed by atoms with van der Waals surface area (Å²) in [4.78, 5) is 0. The first kappa shape index (κ1) is 10.8. The second-order valence-electron chi connectivity index (χ2n) is 4.08. The molecule has 0 saturated heterocycles. The van der Waals surface area contributed by atoms with Crippen molar-refractivity contribution in [2.75, 3.05) is 0 Å². The van der Waals surface area contributed by atoms with Crippen molar-refractivity contribution < 1.29 is 0 Å². The van der Waals surface area contributed by atoms with Gasteiger partial charge in [0.2, 0.25) is 0 Å². The first-order valence-electron chi connectivity index (χ1n) is 5.05. The van der Waals surface area contributed by atoms with Gasteiger partial charge in [-0.3, -0.25) is 0 Å². The summed E-state index contributed by atoms with van der Waals surface area (Å²) in [5.74, 6) is 0.589. The second-order valence-corrected chi connectivity index (χ2v) is 4.08. The highest BCUT2D eigenvalue weighted by Gasteiger charge is 2.04. The molecule has 1 heteroatoms. The van der Waals surface area contributed by atoms with Gasteiger partial charge in [-0.1, -0.05) is 32.0 Å². The molecule has 0 aliphatic rings. The molecule has 1 rings (SSSR count). The maximum absolute atomic E-state index is 5.49. The normalized spacial score (nSPS) is 12.2. The van der Waals surface area contributed by atoms with Crippen molar-refractivity contribution >= 4 is 5.57 Å². The van der Waals surface area contributed by atoms with Crippen LogP contribution in [0.4, 0.5) is 0 Å². The third-order valence-corrected chi connectivity index (χ3v) is 2.60. The van der Waals surface area contributed by atoms with Gasteiger partial charge in [0.25, 0.3) is 0 Å². The lowest BCUT2D eigenvalue weighted by Crippen LogP contribution is -1.94. The molecular formula is C13H19N. The zero-order chi connectivity index (χ0) is 10.7. The Labute approximate surface area is 86.6 Å². The zero-order valence-electron chi connectivity index (χ0n) is 9.46. The number of hydrogen-bond donors (Lipinski definition) is 1. The van der Waals surface area contributed by atoms with E-state index in [1.54, 1.807) is 6.20 Å². The van der Waals surface area contributed by atoms with Crippen LogP contribution in [0.15, 0.2) is 24.4 Å². The SMILES string of the molecule is C/C(=C\N)c1ccc(C(C)C)c(C)c1. The molecule has 0 radical (unpaired) electrons. The lowest BCUT2D eigenvalue weighted by atomic mass is 9.94. The largest absolute Gasteiger partial charge is 0.404 e. The first-order chi connectivity index (χ1) is 6.56. The molecule has 0 heterocycles. The summed E-state index contributed by atoms with van der Waals surface area (Å²) in [6.45, 7) is 8.62. The molecule has 0 aliphatic carbocycles. The Balaban J connectivity index is 3.13. The summed E-state index contributed by atoms with van der Waals surface area (Å²) in [5.41, 5.74) is 10.6. The topological polar surface area (TPSA) is 26.0 Å². The molecule has 1 aromatic rings. The molecule has 0 saturated carbocycles. The highest BCUT2D eigenvalue weighted by atomic mass is 14.5. The van der Waals surface area contributed by atoms with Crippen LogP contribution in [0.2, 0.25) is 0 Å². The second kappa shape index (κ2) is 4.32. The number of allylic oxidation sites excluding steroid dienone is 1. The summed E-state index contributed by atoms with van der Waals surface area (Å²) in [7, 11) is 0. The van der Waals surface area contributed by atoms with Gasteiger partial charge in [-0.15, -0.1) is 0 Å². The van der Waals surface area contributed by atoms with Crippen molar-refractivity contribution in [1.82, 2.24) is 0 Å². The van der Waals surface area contributed by atoms with Crippen LogP contribution in [-0.4, -0.2) is 0 Å².